The summed E-state index contributed by atoms with van der Waals surface area (Å²) in [5.41, 5.74) is 7.36. The van der Waals surface area contributed by atoms with E-state index in [4.69, 9.17) is 10.5 Å². The lowest BCUT2D eigenvalue weighted by atomic mass is 9.82. The second-order valence-corrected chi connectivity index (χ2v) is 16.6. The summed E-state index contributed by atoms with van der Waals surface area (Å²) in [4.78, 5) is 56.1. The third-order valence-corrected chi connectivity index (χ3v) is 11.5. The van der Waals surface area contributed by atoms with Crippen LogP contribution < -0.4 is 16.0 Å². The normalized spacial score (nSPS) is 22.2. The summed E-state index contributed by atoms with van der Waals surface area (Å²) in [6.45, 7) is 9.81. The molecule has 0 saturated carbocycles. The molecule has 3 aromatic carbocycles. The number of nitrogens with zero attached hydrogens (tertiary/aromatic N) is 2. The minimum absolute atomic E-state index is 0.0712. The van der Waals surface area contributed by atoms with Crippen LogP contribution in [0.25, 0.3) is 0 Å². The van der Waals surface area contributed by atoms with Gasteiger partial charge in [-0.05, 0) is 61.1 Å². The number of benzene rings is 3. The Labute approximate surface area is 270 Å². The molecule has 3 aromatic rings. The van der Waals surface area contributed by atoms with Crippen molar-refractivity contribution in [2.24, 2.45) is 5.92 Å². The van der Waals surface area contributed by atoms with E-state index in [1.807, 2.05) is 37.3 Å². The van der Waals surface area contributed by atoms with Gasteiger partial charge >= 0.3 is 0 Å². The van der Waals surface area contributed by atoms with Gasteiger partial charge < -0.3 is 35.5 Å². The zero-order valence-electron chi connectivity index (χ0n) is 26.5. The number of rotatable bonds is 11. The molecule has 1 saturated heterocycles. The lowest BCUT2D eigenvalue weighted by Gasteiger charge is -2.32. The number of carbonyl (C=O) groups excluding carboxylic acids is 3. The Morgan fingerprint density at radius 2 is 1.83 bits per heavy atom. The fraction of sp³-hybridized carbons (Fsp3) is 0.343. The van der Waals surface area contributed by atoms with Crippen LogP contribution in [0.1, 0.15) is 34.8 Å². The molecule has 0 radical (unpaired) electrons. The molecule has 2 heterocycles. The van der Waals surface area contributed by atoms with Gasteiger partial charge in [-0.3, -0.25) is 14.4 Å². The number of carbonyl (C=O) groups is 3. The monoisotopic (exact) mass is 642 g/mol. The maximum atomic E-state index is 14.4. The van der Waals surface area contributed by atoms with Crippen molar-refractivity contribution in [1.82, 2.24) is 4.90 Å². The number of amides is 3. The van der Waals surface area contributed by atoms with Crippen molar-refractivity contribution in [1.29, 1.82) is 0 Å². The molecule has 5 rings (SSSR count). The predicted molar refractivity (Wildman–Crippen MR) is 181 cm³/mol. The Bertz CT molecular complexity index is 1610. The second kappa shape index (κ2) is 13.2. The largest absolute Gasteiger partial charge is 0.432 e. The lowest BCUT2D eigenvalue weighted by molar-refractivity contribution is -0.149. The number of nitrogens with one attached hydrogen (secondary N) is 1. The van der Waals surface area contributed by atoms with Gasteiger partial charge in [0.25, 0.3) is 11.8 Å². The van der Waals surface area contributed by atoms with E-state index < -0.39 is 31.5 Å². The maximum absolute atomic E-state index is 14.4. The molecule has 2 aliphatic heterocycles. The first-order valence-electron chi connectivity index (χ1n) is 15.5. The van der Waals surface area contributed by atoms with Gasteiger partial charge in [0.1, 0.15) is 0 Å². The third kappa shape index (κ3) is 6.23. The molecular formula is C35H42N4O6Si. The van der Waals surface area contributed by atoms with Gasteiger partial charge in [-0.1, -0.05) is 43.3 Å². The van der Waals surface area contributed by atoms with Gasteiger partial charge in [0, 0.05) is 53.6 Å². The number of fused-ring (bicyclic) bond motifs is 2. The van der Waals surface area contributed by atoms with E-state index in [0.717, 1.165) is 5.56 Å². The van der Waals surface area contributed by atoms with Crippen LogP contribution in [0.15, 0.2) is 85.5 Å². The van der Waals surface area contributed by atoms with Crippen LogP contribution in [-0.4, -0.2) is 66.6 Å². The van der Waals surface area contributed by atoms with Crippen molar-refractivity contribution in [3.63, 3.8) is 0 Å². The van der Waals surface area contributed by atoms with Gasteiger partial charge in [-0.2, -0.15) is 0 Å². The summed E-state index contributed by atoms with van der Waals surface area (Å²) in [6, 6.07) is 21.3. The zero-order valence-corrected chi connectivity index (χ0v) is 27.5. The van der Waals surface area contributed by atoms with Gasteiger partial charge in [0.05, 0.1) is 24.8 Å². The van der Waals surface area contributed by atoms with Gasteiger partial charge in [-0.25, -0.2) is 0 Å². The summed E-state index contributed by atoms with van der Waals surface area (Å²) in [5.74, 6) is -1.38. The van der Waals surface area contributed by atoms with E-state index in [0.29, 0.717) is 34.7 Å². The van der Waals surface area contributed by atoms with Crippen LogP contribution in [0.4, 0.5) is 17.1 Å². The van der Waals surface area contributed by atoms with Crippen LogP contribution in [0, 0.1) is 5.92 Å². The molecule has 1 spiro atoms. The average Bonchev–Trinajstić information content (AvgIpc) is 3.44. The first-order valence-corrected chi connectivity index (χ1v) is 18.5. The molecular weight excluding hydrogens is 600 g/mol. The number of ether oxygens (including phenoxy) is 1. The van der Waals surface area contributed by atoms with Crippen molar-refractivity contribution in [3.05, 3.63) is 102 Å². The number of hydrogen-bond donors (Lipinski definition) is 4. The summed E-state index contributed by atoms with van der Waals surface area (Å²) >= 11 is 0. The van der Waals surface area contributed by atoms with Crippen LogP contribution in [-0.2, 0) is 26.5 Å². The molecule has 0 aromatic heterocycles. The summed E-state index contributed by atoms with van der Waals surface area (Å²) in [5, 5.41) is 12.7. The van der Waals surface area contributed by atoms with E-state index in [1.165, 1.54) is 0 Å². The predicted octanol–water partition coefficient (Wildman–Crippen LogP) is 4.26. The molecule has 46 heavy (non-hydrogen) atoms. The fourth-order valence-corrected chi connectivity index (χ4v) is 9.58. The fourth-order valence-electron chi connectivity index (χ4n) is 7.02. The number of nitrogens with two attached hydrogens (primary N) is 1. The average molecular weight is 643 g/mol. The molecule has 1 fully saturated rings. The smallest absolute Gasteiger partial charge is 0.264 e. The van der Waals surface area contributed by atoms with E-state index in [2.05, 4.69) is 11.9 Å². The Morgan fingerprint density at radius 3 is 2.46 bits per heavy atom. The molecule has 11 heteroatoms. The van der Waals surface area contributed by atoms with Crippen molar-refractivity contribution >= 4 is 43.1 Å². The number of hydrogen-bond acceptors (Lipinski definition) is 7. The Morgan fingerprint density at radius 1 is 1.13 bits per heavy atom. The second-order valence-electron chi connectivity index (χ2n) is 12.6. The highest BCUT2D eigenvalue weighted by Gasteiger charge is 2.66. The topological polar surface area (TPSA) is 145 Å². The van der Waals surface area contributed by atoms with Crippen molar-refractivity contribution in [3.8, 4) is 0 Å². The Balaban J connectivity index is 1.51. The highest BCUT2D eigenvalue weighted by molar-refractivity contribution is 6.71. The molecule has 10 nitrogen and oxygen atoms in total. The van der Waals surface area contributed by atoms with Crippen LogP contribution in [0.2, 0.25) is 18.6 Å². The highest BCUT2D eigenvalue weighted by Crippen LogP contribution is 2.60. The highest BCUT2D eigenvalue weighted by atomic mass is 28.4. The van der Waals surface area contributed by atoms with Crippen LogP contribution in [0.5, 0.6) is 0 Å². The summed E-state index contributed by atoms with van der Waals surface area (Å²) in [7, 11) is -3.03. The first-order chi connectivity index (χ1) is 21.9. The zero-order chi connectivity index (χ0) is 33.2. The standard InChI is InChI=1S/C35H42N4O6Si/c1-5-17-39-29-16-15-27(37-33(42)25-11-13-26(36)14-12-25)20-28(29)35(34(39)43)23(2)32(46(3,4)44)30(45-35)21-31(41)38(18-19-40)22-24-9-7-6-8-10-24/h5-16,20,23,30,32,40,44H,1,17-19,21-22,36H2,2-4H3,(H,37,42)/t23-,30+,32-,35+/m1/s1. The number of aliphatic hydroxyl groups excluding tert-OH is 1. The van der Waals surface area contributed by atoms with E-state index >= 15 is 0 Å². The minimum atomic E-state index is -3.03. The van der Waals surface area contributed by atoms with Crippen molar-refractivity contribution in [2.75, 3.05) is 35.6 Å². The molecule has 2 aliphatic rings. The molecule has 5 N–H and O–H groups in total. The molecule has 242 valence electrons. The van der Waals surface area contributed by atoms with Crippen molar-refractivity contribution < 1.29 is 29.0 Å². The molecule has 4 atom stereocenters. The van der Waals surface area contributed by atoms with Gasteiger partial charge in [0.15, 0.2) is 13.9 Å². The number of nitrogen functional groups attached to an aromatic ring is 1. The molecule has 0 aliphatic carbocycles. The summed E-state index contributed by atoms with van der Waals surface area (Å²) < 4.78 is 6.80. The number of anilines is 3. The quantitative estimate of drug-likeness (QED) is 0.139. The van der Waals surface area contributed by atoms with Crippen LogP contribution >= 0.6 is 0 Å². The lowest BCUT2D eigenvalue weighted by Crippen LogP contribution is -2.46. The number of aliphatic hydroxyl groups is 1. The van der Waals surface area contributed by atoms with E-state index in [9.17, 15) is 24.3 Å². The minimum Gasteiger partial charge on any atom is -0.432 e. The maximum Gasteiger partial charge on any atom is 0.264 e. The van der Waals surface area contributed by atoms with Crippen LogP contribution in [0.3, 0.4) is 0 Å². The third-order valence-electron chi connectivity index (χ3n) is 9.04. The van der Waals surface area contributed by atoms with Crippen molar-refractivity contribution in [2.45, 2.75) is 50.2 Å². The summed E-state index contributed by atoms with van der Waals surface area (Å²) in [6.07, 6.45) is 0.800. The molecule has 3 amide bonds. The SMILES string of the molecule is C=CCN1C(=O)[C@@]2(O[C@@H](CC(=O)N(CCO)Cc3ccccc3)[C@H]([Si](C)(C)O)[C@H]2C)c2cc(NC(=O)c3ccc(N)cc3)ccc21. The molecule has 0 unspecified atom stereocenters. The first kappa shape index (κ1) is 33.1. The Kier molecular flexibility index (Phi) is 9.50. The van der Waals surface area contributed by atoms with E-state index in [1.54, 1.807) is 71.4 Å². The Hall–Kier alpha value is -4.29. The van der Waals surface area contributed by atoms with E-state index in [-0.39, 0.29) is 43.8 Å². The molecule has 0 bridgehead atoms. The van der Waals surface area contributed by atoms with Gasteiger partial charge in [-0.15, -0.1) is 6.58 Å². The van der Waals surface area contributed by atoms with Gasteiger partial charge in [0.2, 0.25) is 5.91 Å².